The molecule has 0 amide bonds. The van der Waals surface area contributed by atoms with E-state index < -0.39 is 0 Å². The molecule has 1 aromatic rings. The van der Waals surface area contributed by atoms with Gasteiger partial charge < -0.3 is 5.32 Å². The molecule has 1 aliphatic carbocycles. The lowest BCUT2D eigenvalue weighted by molar-refractivity contribution is 0.580. The molecular weight excluding hydrogens is 206 g/mol. The standard InChI is InChI=1S/C13H18ClN/c14-9-11-5-7-13(8-6-11)15-10-12-3-1-2-4-12/h5-8,12,15H,1-4,9-10H2. The summed E-state index contributed by atoms with van der Waals surface area (Å²) in [6.07, 6.45) is 5.62. The molecule has 0 unspecified atom stereocenters. The number of halogens is 1. The van der Waals surface area contributed by atoms with E-state index in [0.29, 0.717) is 5.88 Å². The molecule has 0 bridgehead atoms. The van der Waals surface area contributed by atoms with Crippen molar-refractivity contribution in [2.75, 3.05) is 11.9 Å². The summed E-state index contributed by atoms with van der Waals surface area (Å²) >= 11 is 5.74. The molecule has 0 aromatic heterocycles. The van der Waals surface area contributed by atoms with Gasteiger partial charge >= 0.3 is 0 Å². The van der Waals surface area contributed by atoms with Gasteiger partial charge in [0.05, 0.1) is 0 Å². The Morgan fingerprint density at radius 2 is 1.80 bits per heavy atom. The number of alkyl halides is 1. The number of benzene rings is 1. The van der Waals surface area contributed by atoms with Crippen LogP contribution in [0.2, 0.25) is 0 Å². The van der Waals surface area contributed by atoms with Crippen LogP contribution >= 0.6 is 11.6 Å². The summed E-state index contributed by atoms with van der Waals surface area (Å²) in [6.45, 7) is 1.13. The van der Waals surface area contributed by atoms with E-state index in [1.165, 1.54) is 36.9 Å². The molecule has 0 radical (unpaired) electrons. The lowest BCUT2D eigenvalue weighted by Gasteiger charge is -2.11. The van der Waals surface area contributed by atoms with Crippen LogP contribution in [0.25, 0.3) is 0 Å². The predicted molar refractivity (Wildman–Crippen MR) is 66.4 cm³/mol. The van der Waals surface area contributed by atoms with Crippen LogP contribution in [0.15, 0.2) is 24.3 Å². The van der Waals surface area contributed by atoms with Gasteiger partial charge in [-0.2, -0.15) is 0 Å². The fourth-order valence-corrected chi connectivity index (χ4v) is 2.37. The Bertz CT molecular complexity index is 288. The molecule has 0 atom stereocenters. The highest BCUT2D eigenvalue weighted by Gasteiger charge is 2.13. The second-order valence-electron chi connectivity index (χ2n) is 4.36. The van der Waals surface area contributed by atoms with Crippen molar-refractivity contribution < 1.29 is 0 Å². The molecule has 2 rings (SSSR count). The average Bonchev–Trinajstić information content (AvgIpc) is 2.80. The van der Waals surface area contributed by atoms with E-state index in [1.54, 1.807) is 0 Å². The van der Waals surface area contributed by atoms with Crippen molar-refractivity contribution in [3.05, 3.63) is 29.8 Å². The van der Waals surface area contributed by atoms with Crippen molar-refractivity contribution in [1.29, 1.82) is 0 Å². The van der Waals surface area contributed by atoms with Crippen molar-refractivity contribution >= 4 is 17.3 Å². The van der Waals surface area contributed by atoms with E-state index >= 15 is 0 Å². The van der Waals surface area contributed by atoms with Crippen LogP contribution in [0.4, 0.5) is 5.69 Å². The molecule has 82 valence electrons. The summed E-state index contributed by atoms with van der Waals surface area (Å²) in [6, 6.07) is 8.41. The fourth-order valence-electron chi connectivity index (χ4n) is 2.19. The lowest BCUT2D eigenvalue weighted by Crippen LogP contribution is -2.10. The molecule has 0 heterocycles. The molecule has 0 aliphatic heterocycles. The Balaban J connectivity index is 1.82. The molecule has 1 N–H and O–H groups in total. The maximum Gasteiger partial charge on any atom is 0.0474 e. The lowest BCUT2D eigenvalue weighted by atomic mass is 10.1. The number of hydrogen-bond acceptors (Lipinski definition) is 1. The highest BCUT2D eigenvalue weighted by Crippen LogP contribution is 2.25. The van der Waals surface area contributed by atoms with Crippen LogP contribution < -0.4 is 5.32 Å². The monoisotopic (exact) mass is 223 g/mol. The number of nitrogens with one attached hydrogen (secondary N) is 1. The summed E-state index contributed by atoms with van der Waals surface area (Å²) in [5.41, 5.74) is 2.40. The van der Waals surface area contributed by atoms with Gasteiger partial charge in [0, 0.05) is 18.1 Å². The van der Waals surface area contributed by atoms with Gasteiger partial charge in [0.25, 0.3) is 0 Å². The maximum absolute atomic E-state index is 5.74. The molecule has 15 heavy (non-hydrogen) atoms. The second-order valence-corrected chi connectivity index (χ2v) is 4.63. The Morgan fingerprint density at radius 3 is 2.40 bits per heavy atom. The van der Waals surface area contributed by atoms with Crippen molar-refractivity contribution in [1.82, 2.24) is 0 Å². The molecule has 1 nitrogen and oxygen atoms in total. The minimum Gasteiger partial charge on any atom is -0.385 e. The number of rotatable bonds is 4. The Hall–Kier alpha value is -0.690. The number of anilines is 1. The van der Waals surface area contributed by atoms with Gasteiger partial charge in [-0.3, -0.25) is 0 Å². The third-order valence-electron chi connectivity index (χ3n) is 3.18. The maximum atomic E-state index is 5.74. The van der Waals surface area contributed by atoms with Gasteiger partial charge in [0.15, 0.2) is 0 Å². The van der Waals surface area contributed by atoms with Crippen LogP contribution in [0.3, 0.4) is 0 Å². The zero-order valence-corrected chi connectivity index (χ0v) is 9.76. The van der Waals surface area contributed by atoms with E-state index in [-0.39, 0.29) is 0 Å². The first-order chi connectivity index (χ1) is 7.38. The average molecular weight is 224 g/mol. The van der Waals surface area contributed by atoms with Crippen LogP contribution in [0.5, 0.6) is 0 Å². The van der Waals surface area contributed by atoms with Gasteiger partial charge in [-0.25, -0.2) is 0 Å². The molecule has 1 saturated carbocycles. The quantitative estimate of drug-likeness (QED) is 0.761. The highest BCUT2D eigenvalue weighted by molar-refractivity contribution is 6.17. The molecular formula is C13H18ClN. The molecule has 1 aliphatic rings. The Morgan fingerprint density at radius 1 is 1.13 bits per heavy atom. The molecule has 0 saturated heterocycles. The number of hydrogen-bond donors (Lipinski definition) is 1. The van der Waals surface area contributed by atoms with Crippen molar-refractivity contribution in [3.8, 4) is 0 Å². The van der Waals surface area contributed by atoms with Crippen LogP contribution in [0.1, 0.15) is 31.2 Å². The Labute approximate surface area is 96.8 Å². The van der Waals surface area contributed by atoms with Crippen LogP contribution in [-0.4, -0.2) is 6.54 Å². The summed E-state index contributed by atoms with van der Waals surface area (Å²) in [4.78, 5) is 0. The van der Waals surface area contributed by atoms with Gasteiger partial charge in [-0.05, 0) is 36.5 Å². The first kappa shape index (κ1) is 10.8. The topological polar surface area (TPSA) is 12.0 Å². The zero-order valence-electron chi connectivity index (χ0n) is 9.01. The van der Waals surface area contributed by atoms with E-state index in [0.717, 1.165) is 12.5 Å². The van der Waals surface area contributed by atoms with E-state index in [9.17, 15) is 0 Å². The predicted octanol–water partition coefficient (Wildman–Crippen LogP) is 4.03. The molecule has 1 aromatic carbocycles. The largest absolute Gasteiger partial charge is 0.385 e. The first-order valence-corrected chi connectivity index (χ1v) is 6.31. The minimum absolute atomic E-state index is 0.600. The van der Waals surface area contributed by atoms with Gasteiger partial charge in [-0.1, -0.05) is 25.0 Å². The van der Waals surface area contributed by atoms with Gasteiger partial charge in [0.2, 0.25) is 0 Å². The first-order valence-electron chi connectivity index (χ1n) is 5.77. The van der Waals surface area contributed by atoms with Crippen molar-refractivity contribution in [2.24, 2.45) is 5.92 Å². The smallest absolute Gasteiger partial charge is 0.0474 e. The summed E-state index contributed by atoms with van der Waals surface area (Å²) in [5.74, 6) is 1.49. The molecule has 2 heteroatoms. The summed E-state index contributed by atoms with van der Waals surface area (Å²) in [7, 11) is 0. The SMILES string of the molecule is ClCc1ccc(NCC2CCCC2)cc1. The third kappa shape index (κ3) is 3.13. The normalized spacial score (nSPS) is 16.9. The van der Waals surface area contributed by atoms with E-state index in [2.05, 4.69) is 29.6 Å². The summed E-state index contributed by atoms with van der Waals surface area (Å²) in [5, 5.41) is 3.49. The van der Waals surface area contributed by atoms with Gasteiger partial charge in [0.1, 0.15) is 0 Å². The van der Waals surface area contributed by atoms with Crippen LogP contribution in [-0.2, 0) is 5.88 Å². The van der Waals surface area contributed by atoms with Crippen molar-refractivity contribution in [3.63, 3.8) is 0 Å². The second kappa shape index (κ2) is 5.41. The van der Waals surface area contributed by atoms with Crippen molar-refractivity contribution in [2.45, 2.75) is 31.6 Å². The minimum atomic E-state index is 0.600. The third-order valence-corrected chi connectivity index (χ3v) is 3.49. The highest BCUT2D eigenvalue weighted by atomic mass is 35.5. The molecule has 0 spiro atoms. The Kier molecular flexibility index (Phi) is 3.90. The molecule has 1 fully saturated rings. The van der Waals surface area contributed by atoms with Crippen LogP contribution in [0, 0.1) is 5.92 Å². The van der Waals surface area contributed by atoms with E-state index in [4.69, 9.17) is 11.6 Å². The fraction of sp³-hybridized carbons (Fsp3) is 0.538. The van der Waals surface area contributed by atoms with E-state index in [1.807, 2.05) is 0 Å². The van der Waals surface area contributed by atoms with Gasteiger partial charge in [-0.15, -0.1) is 11.6 Å². The zero-order chi connectivity index (χ0) is 10.5. The summed E-state index contributed by atoms with van der Waals surface area (Å²) < 4.78 is 0.